The van der Waals surface area contributed by atoms with Gasteiger partial charge in [0.1, 0.15) is 0 Å². The van der Waals surface area contributed by atoms with Crippen LogP contribution in [0.25, 0.3) is 0 Å². The third-order valence-electron chi connectivity index (χ3n) is 4.21. The second-order valence-corrected chi connectivity index (χ2v) is 5.63. The number of rotatable bonds is 7. The Morgan fingerprint density at radius 3 is 1.38 bits per heavy atom. The van der Waals surface area contributed by atoms with Crippen molar-refractivity contribution in [3.8, 4) is 0 Å². The predicted molar refractivity (Wildman–Crippen MR) is 97.9 cm³/mol. The predicted octanol–water partition coefficient (Wildman–Crippen LogP) is 4.33. The Labute approximate surface area is 142 Å². The highest BCUT2D eigenvalue weighted by molar-refractivity contribution is 5.49. The lowest BCUT2D eigenvalue weighted by molar-refractivity contribution is 0.479. The van der Waals surface area contributed by atoms with Crippen LogP contribution in [0.3, 0.4) is 0 Å². The van der Waals surface area contributed by atoms with Crippen molar-refractivity contribution >= 4 is 0 Å². The number of nitrogens with zero attached hydrogens (tertiary/aromatic N) is 1. The van der Waals surface area contributed by atoms with Crippen LogP contribution in [0.5, 0.6) is 0 Å². The van der Waals surface area contributed by atoms with E-state index in [9.17, 15) is 4.91 Å². The van der Waals surface area contributed by atoms with E-state index in [1.807, 2.05) is 54.6 Å². The minimum atomic E-state index is -0.519. The molecule has 3 heteroatoms. The van der Waals surface area contributed by atoms with Crippen LogP contribution in [-0.4, -0.2) is 13.1 Å². The molecule has 3 aromatic rings. The topological polar surface area (TPSA) is 41.5 Å². The molecule has 0 bridgehead atoms. The van der Waals surface area contributed by atoms with Gasteiger partial charge >= 0.3 is 0 Å². The molecule has 0 aliphatic carbocycles. The van der Waals surface area contributed by atoms with Crippen molar-refractivity contribution in [1.29, 1.82) is 0 Å². The summed E-state index contributed by atoms with van der Waals surface area (Å²) in [6.07, 6.45) is 0. The minimum Gasteiger partial charge on any atom is -0.298 e. The van der Waals surface area contributed by atoms with E-state index in [0.717, 1.165) is 16.7 Å². The Morgan fingerprint density at radius 2 is 1.04 bits per heavy atom. The van der Waals surface area contributed by atoms with Gasteiger partial charge in [-0.1, -0.05) is 96.2 Å². The Kier molecular flexibility index (Phi) is 5.14. The van der Waals surface area contributed by atoms with Gasteiger partial charge in [0.2, 0.25) is 0 Å². The van der Waals surface area contributed by atoms with Gasteiger partial charge in [0.15, 0.2) is 0 Å². The summed E-state index contributed by atoms with van der Waals surface area (Å²) in [7, 11) is 0. The highest BCUT2D eigenvalue weighted by Crippen LogP contribution is 2.36. The number of hydrogen-bond acceptors (Lipinski definition) is 3. The summed E-state index contributed by atoms with van der Waals surface area (Å²) in [6.45, 7) is 0.733. The van der Waals surface area contributed by atoms with E-state index in [1.165, 1.54) is 0 Å². The summed E-state index contributed by atoms with van der Waals surface area (Å²) >= 11 is 0. The molecule has 3 nitrogen and oxygen atoms in total. The molecule has 0 spiro atoms. The molecule has 0 heterocycles. The average Bonchev–Trinajstić information content (AvgIpc) is 2.68. The second kappa shape index (κ2) is 7.66. The first kappa shape index (κ1) is 16.1. The molecule has 0 saturated heterocycles. The molecule has 0 aliphatic heterocycles. The number of hydrogen-bond donors (Lipinski definition) is 1. The van der Waals surface area contributed by atoms with Crippen molar-refractivity contribution in [3.05, 3.63) is 113 Å². The lowest BCUT2D eigenvalue weighted by Gasteiger charge is -2.37. The molecule has 0 amide bonds. The standard InChI is InChI=1S/C21H20N2O/c24-23-17-16-22-21(18-10-4-1-5-11-18,19-12-6-2-7-13-19)20-14-8-3-9-15-20/h1-15,22H,16-17H2. The minimum absolute atomic E-state index is 0.230. The van der Waals surface area contributed by atoms with Crippen LogP contribution in [-0.2, 0) is 5.54 Å². The van der Waals surface area contributed by atoms with Crippen molar-refractivity contribution in [3.63, 3.8) is 0 Å². The zero-order valence-corrected chi connectivity index (χ0v) is 13.4. The maximum atomic E-state index is 10.6. The molecule has 0 fully saturated rings. The summed E-state index contributed by atoms with van der Waals surface area (Å²) in [6, 6.07) is 30.9. The van der Waals surface area contributed by atoms with Gasteiger partial charge in [0.05, 0.1) is 12.1 Å². The summed E-state index contributed by atoms with van der Waals surface area (Å²) in [5.41, 5.74) is 2.88. The van der Waals surface area contributed by atoms with E-state index in [-0.39, 0.29) is 6.54 Å². The van der Waals surface area contributed by atoms with Crippen molar-refractivity contribution in [2.45, 2.75) is 5.54 Å². The number of benzene rings is 3. The molecular formula is C21H20N2O. The zero-order valence-electron chi connectivity index (χ0n) is 13.4. The molecule has 0 atom stereocenters. The molecule has 0 aromatic heterocycles. The Balaban J connectivity index is 2.22. The molecule has 0 radical (unpaired) electrons. The van der Waals surface area contributed by atoms with Crippen LogP contribution in [0.4, 0.5) is 0 Å². The van der Waals surface area contributed by atoms with Crippen molar-refractivity contribution in [2.75, 3.05) is 13.1 Å². The Morgan fingerprint density at radius 1 is 0.667 bits per heavy atom. The lowest BCUT2D eigenvalue weighted by Crippen LogP contribution is -2.45. The van der Waals surface area contributed by atoms with E-state index in [0.29, 0.717) is 6.54 Å². The quantitative estimate of drug-likeness (QED) is 0.400. The van der Waals surface area contributed by atoms with Gasteiger partial charge in [-0.3, -0.25) is 5.32 Å². The van der Waals surface area contributed by atoms with Gasteiger partial charge in [0, 0.05) is 6.54 Å². The summed E-state index contributed by atoms with van der Waals surface area (Å²) in [5, 5.41) is 6.60. The molecule has 1 N–H and O–H groups in total. The highest BCUT2D eigenvalue weighted by Gasteiger charge is 2.35. The highest BCUT2D eigenvalue weighted by atomic mass is 16.3. The summed E-state index contributed by atoms with van der Waals surface area (Å²) in [5.74, 6) is 0. The fourth-order valence-electron chi connectivity index (χ4n) is 3.16. The van der Waals surface area contributed by atoms with Crippen LogP contribution in [0.2, 0.25) is 0 Å². The summed E-state index contributed by atoms with van der Waals surface area (Å²) in [4.78, 5) is 10.6. The van der Waals surface area contributed by atoms with Gasteiger partial charge in [-0.05, 0) is 16.7 Å². The van der Waals surface area contributed by atoms with E-state index in [4.69, 9.17) is 0 Å². The number of nitrogens with one attached hydrogen (secondary N) is 1. The SMILES string of the molecule is O=NCCNC(c1ccccc1)(c1ccccc1)c1ccccc1. The van der Waals surface area contributed by atoms with Gasteiger partial charge in [-0.25, -0.2) is 0 Å². The van der Waals surface area contributed by atoms with Gasteiger partial charge in [0.25, 0.3) is 0 Å². The maximum Gasteiger partial charge on any atom is 0.0948 e. The van der Waals surface area contributed by atoms with Crippen LogP contribution < -0.4 is 5.32 Å². The van der Waals surface area contributed by atoms with Crippen molar-refractivity contribution < 1.29 is 0 Å². The first-order valence-corrected chi connectivity index (χ1v) is 8.08. The largest absolute Gasteiger partial charge is 0.298 e. The first-order valence-electron chi connectivity index (χ1n) is 8.08. The normalized spacial score (nSPS) is 11.2. The van der Waals surface area contributed by atoms with E-state index in [2.05, 4.69) is 46.9 Å². The molecule has 0 saturated carbocycles. The molecule has 120 valence electrons. The van der Waals surface area contributed by atoms with E-state index in [1.54, 1.807) is 0 Å². The smallest absolute Gasteiger partial charge is 0.0948 e. The van der Waals surface area contributed by atoms with Crippen molar-refractivity contribution in [1.82, 2.24) is 5.32 Å². The van der Waals surface area contributed by atoms with Crippen LogP contribution in [0.1, 0.15) is 16.7 Å². The first-order chi connectivity index (χ1) is 11.9. The number of nitroso groups, excluding NO2 is 1. The third kappa shape index (κ3) is 3.12. The maximum absolute atomic E-state index is 10.6. The molecular weight excluding hydrogens is 296 g/mol. The molecule has 0 unspecified atom stereocenters. The van der Waals surface area contributed by atoms with Gasteiger partial charge in [-0.2, -0.15) is 4.91 Å². The molecule has 0 aliphatic rings. The monoisotopic (exact) mass is 316 g/mol. The lowest BCUT2D eigenvalue weighted by atomic mass is 9.77. The Bertz CT molecular complexity index is 661. The fraction of sp³-hybridized carbons (Fsp3) is 0.143. The second-order valence-electron chi connectivity index (χ2n) is 5.63. The third-order valence-corrected chi connectivity index (χ3v) is 4.21. The van der Waals surface area contributed by atoms with Crippen LogP contribution >= 0.6 is 0 Å². The van der Waals surface area contributed by atoms with Crippen molar-refractivity contribution in [2.24, 2.45) is 5.18 Å². The zero-order chi connectivity index (χ0) is 16.7. The molecule has 3 aromatic carbocycles. The molecule has 3 rings (SSSR count). The molecule has 24 heavy (non-hydrogen) atoms. The van der Waals surface area contributed by atoms with Crippen LogP contribution in [0.15, 0.2) is 96.2 Å². The summed E-state index contributed by atoms with van der Waals surface area (Å²) < 4.78 is 0. The Hall–Kier alpha value is -2.78. The van der Waals surface area contributed by atoms with Gasteiger partial charge in [-0.15, -0.1) is 0 Å². The van der Waals surface area contributed by atoms with Gasteiger partial charge < -0.3 is 0 Å². The fourth-order valence-corrected chi connectivity index (χ4v) is 3.16. The average molecular weight is 316 g/mol. The van der Waals surface area contributed by atoms with Crippen LogP contribution in [0, 0.1) is 4.91 Å². The van der Waals surface area contributed by atoms with E-state index >= 15 is 0 Å². The van der Waals surface area contributed by atoms with E-state index < -0.39 is 5.54 Å².